The summed E-state index contributed by atoms with van der Waals surface area (Å²) in [4.78, 5) is 15.8. The summed E-state index contributed by atoms with van der Waals surface area (Å²) in [6.07, 6.45) is -3.68. The van der Waals surface area contributed by atoms with E-state index in [0.29, 0.717) is 17.7 Å². The van der Waals surface area contributed by atoms with Gasteiger partial charge in [-0.25, -0.2) is 13.8 Å². The topological polar surface area (TPSA) is 55.1 Å². The fourth-order valence-electron chi connectivity index (χ4n) is 2.13. The molecule has 0 aliphatic rings. The van der Waals surface area contributed by atoms with Crippen LogP contribution in [-0.2, 0) is 6.18 Å². The highest BCUT2D eigenvalue weighted by Gasteiger charge is 2.34. The lowest BCUT2D eigenvalue weighted by atomic mass is 10.2. The van der Waals surface area contributed by atoms with Gasteiger partial charge in [0.25, 0.3) is 5.89 Å². The van der Waals surface area contributed by atoms with Crippen LogP contribution in [0.1, 0.15) is 16.2 Å². The van der Waals surface area contributed by atoms with Crippen LogP contribution in [0.5, 0.6) is 0 Å². The Bertz CT molecular complexity index is 949. The third kappa shape index (κ3) is 3.71. The molecule has 26 heavy (non-hydrogen) atoms. The van der Waals surface area contributed by atoms with Crippen molar-refractivity contribution in [2.45, 2.75) is 6.18 Å². The smallest absolute Gasteiger partial charge is 0.419 e. The van der Waals surface area contributed by atoms with E-state index in [0.717, 1.165) is 6.07 Å². The van der Waals surface area contributed by atoms with Gasteiger partial charge in [-0.1, -0.05) is 0 Å². The summed E-state index contributed by atoms with van der Waals surface area (Å²) < 4.78 is 69.5. The molecule has 0 unspecified atom stereocenters. The number of carbonyl (C=O) groups excluding carboxylic acids is 1. The highest BCUT2D eigenvalue weighted by Crippen LogP contribution is 2.33. The molecule has 3 aromatic rings. The highest BCUT2D eigenvalue weighted by atomic mass is 19.4. The van der Waals surface area contributed by atoms with Crippen molar-refractivity contribution in [3.63, 3.8) is 0 Å². The lowest BCUT2D eigenvalue weighted by Gasteiger charge is -2.10. The Morgan fingerprint density at radius 1 is 1.04 bits per heavy atom. The number of alkyl halides is 3. The first kappa shape index (κ1) is 17.6. The van der Waals surface area contributed by atoms with Gasteiger partial charge in [0.1, 0.15) is 11.6 Å². The first-order valence-corrected chi connectivity index (χ1v) is 7.14. The van der Waals surface area contributed by atoms with Gasteiger partial charge in [0.05, 0.1) is 11.8 Å². The molecule has 1 N–H and O–H groups in total. The van der Waals surface area contributed by atoms with Gasteiger partial charge in [-0.05, 0) is 42.5 Å². The van der Waals surface area contributed by atoms with E-state index in [1.54, 1.807) is 0 Å². The average Bonchev–Trinajstić information content (AvgIpc) is 3.06. The Labute approximate surface area is 143 Å². The summed E-state index contributed by atoms with van der Waals surface area (Å²) >= 11 is 0. The zero-order valence-corrected chi connectivity index (χ0v) is 12.8. The minimum absolute atomic E-state index is 0.172. The molecule has 0 radical (unpaired) electrons. The van der Waals surface area contributed by atoms with Crippen LogP contribution >= 0.6 is 0 Å². The van der Waals surface area contributed by atoms with E-state index in [1.165, 1.54) is 30.5 Å². The molecule has 9 heteroatoms. The number of rotatable bonds is 3. The summed E-state index contributed by atoms with van der Waals surface area (Å²) in [5, 5.41) is 2.15. The number of anilines is 1. The van der Waals surface area contributed by atoms with Gasteiger partial charge in [0.15, 0.2) is 5.76 Å². The normalized spacial score (nSPS) is 11.4. The molecule has 1 amide bonds. The van der Waals surface area contributed by atoms with Crippen molar-refractivity contribution >= 4 is 11.6 Å². The Kier molecular flexibility index (Phi) is 4.45. The molecule has 0 atom stereocenters. The Hall–Kier alpha value is -3.23. The number of hydrogen-bond acceptors (Lipinski definition) is 3. The van der Waals surface area contributed by atoms with E-state index in [4.69, 9.17) is 4.42 Å². The molecule has 2 aromatic carbocycles. The van der Waals surface area contributed by atoms with Crippen LogP contribution in [0.4, 0.5) is 27.6 Å². The maximum absolute atomic E-state index is 13.3. The highest BCUT2D eigenvalue weighted by molar-refractivity contribution is 6.01. The van der Waals surface area contributed by atoms with Crippen LogP contribution in [0.3, 0.4) is 0 Å². The second-order valence-corrected chi connectivity index (χ2v) is 5.18. The van der Waals surface area contributed by atoms with E-state index in [1.807, 2.05) is 0 Å². The van der Waals surface area contributed by atoms with Crippen molar-refractivity contribution in [1.82, 2.24) is 4.98 Å². The number of oxazole rings is 1. The number of nitrogens with zero attached hydrogens (tertiary/aromatic N) is 1. The Morgan fingerprint density at radius 2 is 1.73 bits per heavy atom. The van der Waals surface area contributed by atoms with Gasteiger partial charge in [-0.2, -0.15) is 13.2 Å². The van der Waals surface area contributed by atoms with Gasteiger partial charge < -0.3 is 9.73 Å². The third-order valence-electron chi connectivity index (χ3n) is 3.36. The first-order chi connectivity index (χ1) is 12.2. The molecule has 0 aliphatic heterocycles. The molecule has 0 saturated carbocycles. The maximum atomic E-state index is 13.3. The predicted octanol–water partition coefficient (Wildman–Crippen LogP) is 4.89. The van der Waals surface area contributed by atoms with E-state index >= 15 is 0 Å². The number of nitrogens with one attached hydrogen (secondary N) is 1. The molecule has 0 spiro atoms. The Morgan fingerprint density at radius 3 is 2.38 bits per heavy atom. The fourth-order valence-corrected chi connectivity index (χ4v) is 2.13. The summed E-state index contributed by atoms with van der Waals surface area (Å²) in [6.45, 7) is 0. The molecular weight excluding hydrogens is 359 g/mol. The monoisotopic (exact) mass is 368 g/mol. The number of hydrogen-bond donors (Lipinski definition) is 1. The number of carbonyl (C=O) groups is 1. The van der Waals surface area contributed by atoms with Crippen LogP contribution in [-0.4, -0.2) is 10.9 Å². The molecule has 0 aliphatic carbocycles. The second kappa shape index (κ2) is 6.58. The summed E-state index contributed by atoms with van der Waals surface area (Å²) in [7, 11) is 0. The van der Waals surface area contributed by atoms with Crippen LogP contribution in [0, 0.1) is 11.6 Å². The molecule has 0 fully saturated rings. The van der Waals surface area contributed by atoms with Crippen molar-refractivity contribution in [2.75, 3.05) is 5.32 Å². The predicted molar refractivity (Wildman–Crippen MR) is 81.3 cm³/mol. The number of halogens is 5. The molecule has 134 valence electrons. The number of amides is 1. The summed E-state index contributed by atoms with van der Waals surface area (Å²) in [6, 6.07) is 7.24. The molecule has 0 bridgehead atoms. The summed E-state index contributed by atoms with van der Waals surface area (Å²) in [5.41, 5.74) is -1.32. The average molecular weight is 368 g/mol. The SMILES string of the molecule is O=C(Nc1ccc(F)c(C(F)(F)F)c1)c1ncc(-c2ccc(F)cc2)o1. The van der Waals surface area contributed by atoms with Crippen molar-refractivity contribution in [3.05, 3.63) is 71.8 Å². The van der Waals surface area contributed by atoms with E-state index in [2.05, 4.69) is 10.3 Å². The lowest BCUT2D eigenvalue weighted by Crippen LogP contribution is -2.14. The Balaban J connectivity index is 1.80. The second-order valence-electron chi connectivity index (χ2n) is 5.18. The van der Waals surface area contributed by atoms with Crippen LogP contribution in [0.15, 0.2) is 53.1 Å². The van der Waals surface area contributed by atoms with Crippen molar-refractivity contribution in [3.8, 4) is 11.3 Å². The summed E-state index contributed by atoms with van der Waals surface area (Å²) in [5.74, 6) is -3.07. The maximum Gasteiger partial charge on any atom is 0.419 e. The van der Waals surface area contributed by atoms with Crippen LogP contribution in [0.2, 0.25) is 0 Å². The number of aromatic nitrogens is 1. The van der Waals surface area contributed by atoms with E-state index in [9.17, 15) is 26.7 Å². The van der Waals surface area contributed by atoms with Gasteiger partial charge in [0.2, 0.25) is 0 Å². The molecule has 1 heterocycles. The van der Waals surface area contributed by atoms with E-state index < -0.39 is 35.2 Å². The standard InChI is InChI=1S/C17H9F5N2O2/c18-10-3-1-9(2-4-10)14-8-23-16(26-14)15(25)24-11-5-6-13(19)12(7-11)17(20,21)22/h1-8H,(H,24,25). The van der Waals surface area contributed by atoms with Crippen molar-refractivity contribution < 1.29 is 31.2 Å². The van der Waals surface area contributed by atoms with E-state index in [-0.39, 0.29) is 11.4 Å². The minimum atomic E-state index is -4.90. The van der Waals surface area contributed by atoms with Crippen LogP contribution < -0.4 is 5.32 Å². The zero-order valence-electron chi connectivity index (χ0n) is 12.8. The van der Waals surface area contributed by atoms with Gasteiger partial charge in [0, 0.05) is 11.3 Å². The van der Waals surface area contributed by atoms with Gasteiger partial charge in [-0.15, -0.1) is 0 Å². The fraction of sp³-hybridized carbons (Fsp3) is 0.0588. The molecule has 4 nitrogen and oxygen atoms in total. The first-order valence-electron chi connectivity index (χ1n) is 7.14. The van der Waals surface area contributed by atoms with Crippen LogP contribution in [0.25, 0.3) is 11.3 Å². The molecule has 0 saturated heterocycles. The van der Waals surface area contributed by atoms with Gasteiger partial charge >= 0.3 is 12.1 Å². The molecule has 3 rings (SSSR count). The van der Waals surface area contributed by atoms with Gasteiger partial charge in [-0.3, -0.25) is 4.79 Å². The largest absolute Gasteiger partial charge is 0.432 e. The quantitative estimate of drug-likeness (QED) is 0.670. The van der Waals surface area contributed by atoms with Crippen molar-refractivity contribution in [2.24, 2.45) is 0 Å². The third-order valence-corrected chi connectivity index (χ3v) is 3.36. The molecule has 1 aromatic heterocycles. The van der Waals surface area contributed by atoms with Crippen molar-refractivity contribution in [1.29, 1.82) is 0 Å². The number of benzene rings is 2. The lowest BCUT2D eigenvalue weighted by molar-refractivity contribution is -0.139. The molecular formula is C17H9F5N2O2. The minimum Gasteiger partial charge on any atom is -0.432 e. The zero-order chi connectivity index (χ0) is 18.9.